The first-order valence-electron chi connectivity index (χ1n) is 17.5. The van der Waals surface area contributed by atoms with Gasteiger partial charge < -0.3 is 18.6 Å². The topological polar surface area (TPSA) is 53.0 Å². The molecule has 48 heavy (non-hydrogen) atoms. The summed E-state index contributed by atoms with van der Waals surface area (Å²) in [6.07, 6.45) is 0. The summed E-state index contributed by atoms with van der Waals surface area (Å²) < 4.78 is 17.6. The zero-order chi connectivity index (χ0) is 34.9. The Bertz CT molecular complexity index is 2260. The molecule has 0 spiro atoms. The predicted molar refractivity (Wildman–Crippen MR) is 204 cm³/mol. The van der Waals surface area contributed by atoms with Crippen molar-refractivity contribution in [2.75, 3.05) is 0 Å². The second-order valence-electron chi connectivity index (χ2n) is 10.9. The summed E-state index contributed by atoms with van der Waals surface area (Å²) in [5, 5.41) is 6.35. The number of hydrogen-bond acceptors (Lipinski definition) is 4. The normalized spacial score (nSPS) is 11.6. The third-order valence-corrected chi connectivity index (χ3v) is 8.70. The maximum Gasteiger partial charge on any atom is 0.158 e. The van der Waals surface area contributed by atoms with Gasteiger partial charge in [-0.15, -0.1) is 0 Å². The molecule has 6 nitrogen and oxygen atoms in total. The Morgan fingerprint density at radius 3 is 1.19 bits per heavy atom. The van der Waals surface area contributed by atoms with Crippen molar-refractivity contribution in [3.05, 3.63) is 94.6 Å². The van der Waals surface area contributed by atoms with Gasteiger partial charge in [-0.1, -0.05) is 91.8 Å². The fraction of sp³-hybridized carbons (Fsp3) is 0.286. The van der Waals surface area contributed by atoms with Gasteiger partial charge in [-0.2, -0.15) is 0 Å². The van der Waals surface area contributed by atoms with Crippen molar-refractivity contribution < 1.29 is 9.47 Å². The van der Waals surface area contributed by atoms with Crippen LogP contribution >= 0.6 is 0 Å². The van der Waals surface area contributed by atoms with Gasteiger partial charge in [0.2, 0.25) is 0 Å². The van der Waals surface area contributed by atoms with E-state index in [0.29, 0.717) is 0 Å². The van der Waals surface area contributed by atoms with Crippen molar-refractivity contribution in [3.63, 3.8) is 0 Å². The van der Waals surface area contributed by atoms with Crippen LogP contribution in [0, 0.1) is 13.8 Å². The molecule has 2 aliphatic rings. The standard InChI is InChI=1S/C34H24N4O2.4C2H6/c1-17-31-34(40-30-16-28-21(13-23(30)35-31)19-9-5-7-11-25(19)38(28)4)18(2)32-33(17)39-29-15-27-22(14-24(29)36-32)20-10-6-8-12-26(20)37(27)3;4*1-2/h5-16H,1-4H3;4*1-2H3. The van der Waals surface area contributed by atoms with Crippen LogP contribution < -0.4 is 20.2 Å². The first-order valence-corrected chi connectivity index (χ1v) is 17.5. The highest BCUT2D eigenvalue weighted by molar-refractivity contribution is 6.10. The van der Waals surface area contributed by atoms with E-state index >= 15 is 0 Å². The van der Waals surface area contributed by atoms with Crippen LogP contribution in [0.3, 0.4) is 0 Å². The highest BCUT2D eigenvalue weighted by atomic mass is 16.5. The Hall–Kier alpha value is -5.10. The Labute approximate surface area is 284 Å². The van der Waals surface area contributed by atoms with Crippen LogP contribution in [0.1, 0.15) is 66.5 Å². The largest absolute Gasteiger partial charge is 0.452 e. The first kappa shape index (κ1) is 34.2. The van der Waals surface area contributed by atoms with Crippen molar-refractivity contribution in [2.24, 2.45) is 24.1 Å². The number of para-hydroxylation sites is 2. The number of benzene rings is 5. The fourth-order valence-electron chi connectivity index (χ4n) is 6.58. The quantitative estimate of drug-likeness (QED) is 0.166. The van der Waals surface area contributed by atoms with Crippen LogP contribution in [0.4, 0.5) is 11.4 Å². The van der Waals surface area contributed by atoms with E-state index in [1.54, 1.807) is 0 Å². The molecule has 248 valence electrons. The maximum absolute atomic E-state index is 6.61. The van der Waals surface area contributed by atoms with E-state index in [2.05, 4.69) is 96.0 Å². The smallest absolute Gasteiger partial charge is 0.158 e. The van der Waals surface area contributed by atoms with E-state index in [-0.39, 0.29) is 0 Å². The number of nitrogens with zero attached hydrogens (tertiary/aromatic N) is 4. The summed E-state index contributed by atoms with van der Waals surface area (Å²) in [7, 11) is 4.19. The molecule has 9 rings (SSSR count). The van der Waals surface area contributed by atoms with E-state index in [4.69, 9.17) is 19.5 Å². The van der Waals surface area contributed by atoms with Crippen LogP contribution in [-0.4, -0.2) is 9.13 Å². The van der Waals surface area contributed by atoms with Gasteiger partial charge in [0, 0.05) is 69.9 Å². The van der Waals surface area contributed by atoms with Gasteiger partial charge >= 0.3 is 0 Å². The Kier molecular flexibility index (Phi) is 9.95. The van der Waals surface area contributed by atoms with Gasteiger partial charge in [0.05, 0.1) is 11.0 Å². The number of aryl methyl sites for hydroxylation is 2. The predicted octanol–water partition coefficient (Wildman–Crippen LogP) is 11.8. The molecule has 2 aromatic heterocycles. The van der Waals surface area contributed by atoms with E-state index in [1.165, 1.54) is 32.6 Å². The lowest BCUT2D eigenvalue weighted by molar-refractivity contribution is 0.444. The minimum absolute atomic E-state index is 0.740. The van der Waals surface area contributed by atoms with Crippen LogP contribution in [0.5, 0.6) is 23.0 Å². The summed E-state index contributed by atoms with van der Waals surface area (Å²) in [5.41, 5.74) is 8.10. The SMILES string of the molecule is CC.CC.CC.CC.Cc1c2c(c(C)c3c1=Nc1cc4c5ccccc5n(C)c4cc1O3)=Nc1cc3c4ccccc4n(C)c3cc1O2. The minimum atomic E-state index is 0.740. The molecule has 0 aliphatic carbocycles. The zero-order valence-electron chi connectivity index (χ0n) is 30.5. The third kappa shape index (κ3) is 5.11. The molecular weight excluding hydrogens is 592 g/mol. The van der Waals surface area contributed by atoms with Crippen LogP contribution in [-0.2, 0) is 14.1 Å². The van der Waals surface area contributed by atoms with E-state index in [0.717, 1.165) is 67.2 Å². The highest BCUT2D eigenvalue weighted by Crippen LogP contribution is 2.44. The monoisotopic (exact) mass is 640 g/mol. The van der Waals surface area contributed by atoms with Gasteiger partial charge in [0.25, 0.3) is 0 Å². The van der Waals surface area contributed by atoms with Gasteiger partial charge in [0.15, 0.2) is 23.0 Å². The number of rotatable bonds is 0. The molecule has 0 unspecified atom stereocenters. The van der Waals surface area contributed by atoms with E-state index in [9.17, 15) is 0 Å². The molecular formula is C42H48N4O2. The Balaban J connectivity index is 0.000000528. The van der Waals surface area contributed by atoms with Gasteiger partial charge in [-0.05, 0) is 38.1 Å². The molecule has 0 amide bonds. The van der Waals surface area contributed by atoms with Gasteiger partial charge in [-0.3, -0.25) is 0 Å². The lowest BCUT2D eigenvalue weighted by Crippen LogP contribution is -2.25. The number of fused-ring (bicyclic) bond motifs is 10. The second-order valence-corrected chi connectivity index (χ2v) is 10.9. The molecule has 0 N–H and O–H groups in total. The van der Waals surface area contributed by atoms with E-state index < -0.39 is 0 Å². The average molecular weight is 641 g/mol. The molecule has 0 atom stereocenters. The third-order valence-electron chi connectivity index (χ3n) is 8.70. The first-order chi connectivity index (χ1) is 23.5. The lowest BCUT2D eigenvalue weighted by atomic mass is 10.0. The zero-order valence-corrected chi connectivity index (χ0v) is 30.5. The number of hydrogen-bond donors (Lipinski definition) is 0. The van der Waals surface area contributed by atoms with Crippen molar-refractivity contribution >= 4 is 55.0 Å². The van der Waals surface area contributed by atoms with Crippen molar-refractivity contribution in [2.45, 2.75) is 69.2 Å². The van der Waals surface area contributed by atoms with Crippen LogP contribution in [0.15, 0.2) is 82.8 Å². The summed E-state index contributed by atoms with van der Waals surface area (Å²) in [6.45, 7) is 20.1. The summed E-state index contributed by atoms with van der Waals surface area (Å²) in [4.78, 5) is 10.3. The van der Waals surface area contributed by atoms with Crippen molar-refractivity contribution in [3.8, 4) is 23.0 Å². The molecule has 0 radical (unpaired) electrons. The Morgan fingerprint density at radius 2 is 0.812 bits per heavy atom. The molecule has 2 aliphatic heterocycles. The molecule has 4 heterocycles. The van der Waals surface area contributed by atoms with Gasteiger partial charge in [0.1, 0.15) is 22.1 Å². The summed E-state index contributed by atoms with van der Waals surface area (Å²) in [5.74, 6) is 2.98. The minimum Gasteiger partial charge on any atom is -0.452 e. The molecule has 6 heteroatoms. The Morgan fingerprint density at radius 1 is 0.458 bits per heavy atom. The van der Waals surface area contributed by atoms with Crippen molar-refractivity contribution in [1.82, 2.24) is 9.13 Å². The molecule has 5 aromatic carbocycles. The molecule has 0 saturated carbocycles. The number of aromatic nitrogens is 2. The fourth-order valence-corrected chi connectivity index (χ4v) is 6.58. The van der Waals surface area contributed by atoms with Crippen molar-refractivity contribution in [1.29, 1.82) is 0 Å². The summed E-state index contributed by atoms with van der Waals surface area (Å²) in [6, 6.07) is 25.4. The average Bonchev–Trinajstić information content (AvgIpc) is 3.60. The van der Waals surface area contributed by atoms with Crippen LogP contribution in [0.2, 0.25) is 0 Å². The molecule has 0 fully saturated rings. The maximum atomic E-state index is 6.61. The highest BCUT2D eigenvalue weighted by Gasteiger charge is 2.26. The second kappa shape index (κ2) is 13.9. The van der Waals surface area contributed by atoms with Gasteiger partial charge in [-0.25, -0.2) is 9.98 Å². The number of ether oxygens (including phenoxy) is 2. The van der Waals surface area contributed by atoms with Crippen LogP contribution in [0.25, 0.3) is 43.6 Å². The molecule has 0 bridgehead atoms. The molecule has 0 saturated heterocycles. The lowest BCUT2D eigenvalue weighted by Gasteiger charge is -2.22. The van der Waals surface area contributed by atoms with E-state index in [1.807, 2.05) is 69.2 Å². The molecule has 7 aromatic rings. The summed E-state index contributed by atoms with van der Waals surface area (Å²) >= 11 is 0.